The highest BCUT2D eigenvalue weighted by atomic mass is 32.2. The highest BCUT2D eigenvalue weighted by molar-refractivity contribution is 7.85. The minimum atomic E-state index is -3.40. The molecule has 0 heterocycles. The molecule has 37 heavy (non-hydrogen) atoms. The van der Waals surface area contributed by atoms with Crippen LogP contribution in [-0.2, 0) is 38.7 Å². The fourth-order valence-electron chi connectivity index (χ4n) is 3.62. The van der Waals surface area contributed by atoms with E-state index >= 15 is 0 Å². The van der Waals surface area contributed by atoms with E-state index in [1.54, 1.807) is 0 Å². The van der Waals surface area contributed by atoms with Crippen LogP contribution in [0.3, 0.4) is 0 Å². The van der Waals surface area contributed by atoms with Gasteiger partial charge in [0.05, 0.1) is 12.9 Å². The molecule has 0 aliphatic carbocycles. The van der Waals surface area contributed by atoms with Crippen LogP contribution in [0.4, 0.5) is 0 Å². The zero-order chi connectivity index (χ0) is 26.3. The predicted octanol–water partition coefficient (Wildman–Crippen LogP) is 5.04. The van der Waals surface area contributed by atoms with E-state index in [1.165, 1.54) is 0 Å². The van der Waals surface area contributed by atoms with Gasteiger partial charge in [0.1, 0.15) is 13.2 Å². The van der Waals surface area contributed by atoms with Crippen molar-refractivity contribution in [1.29, 1.82) is 0 Å². The average molecular weight is 526 g/mol. The molecule has 0 saturated carbocycles. The van der Waals surface area contributed by atoms with Crippen molar-refractivity contribution in [1.82, 2.24) is 5.32 Å². The van der Waals surface area contributed by atoms with Crippen molar-refractivity contribution in [2.45, 2.75) is 45.3 Å². The van der Waals surface area contributed by atoms with Gasteiger partial charge in [-0.25, -0.2) is 0 Å². The van der Waals surface area contributed by atoms with Gasteiger partial charge >= 0.3 is 0 Å². The Morgan fingerprint density at radius 1 is 0.757 bits per heavy atom. The first-order valence-electron chi connectivity index (χ1n) is 12.5. The van der Waals surface area contributed by atoms with E-state index in [0.29, 0.717) is 56.9 Å². The molecule has 3 aromatic carbocycles. The maximum absolute atomic E-state index is 12.1. The van der Waals surface area contributed by atoms with Crippen LogP contribution in [0.2, 0.25) is 0 Å². The van der Waals surface area contributed by atoms with E-state index in [-0.39, 0.29) is 12.5 Å². The Hall–Kier alpha value is -3.36. The summed E-state index contributed by atoms with van der Waals surface area (Å²) in [5.41, 5.74) is 3.18. The number of benzene rings is 3. The second-order valence-corrected chi connectivity index (χ2v) is 10.4. The van der Waals surface area contributed by atoms with Crippen LogP contribution in [0, 0.1) is 0 Å². The minimum Gasteiger partial charge on any atom is -0.485 e. The Kier molecular flexibility index (Phi) is 11.5. The molecule has 8 heteroatoms. The van der Waals surface area contributed by atoms with Gasteiger partial charge in [0, 0.05) is 13.0 Å². The molecule has 0 saturated heterocycles. The first kappa shape index (κ1) is 28.2. The molecule has 3 aromatic rings. The highest BCUT2D eigenvalue weighted by Gasteiger charge is 2.09. The largest absolute Gasteiger partial charge is 0.485 e. The van der Waals surface area contributed by atoms with Gasteiger partial charge in [-0.15, -0.1) is 0 Å². The van der Waals surface area contributed by atoms with Gasteiger partial charge in [-0.3, -0.25) is 8.98 Å². The number of amides is 1. The highest BCUT2D eigenvalue weighted by Crippen LogP contribution is 2.30. The zero-order valence-electron chi connectivity index (χ0n) is 21.2. The molecule has 0 unspecified atom stereocenters. The zero-order valence-corrected chi connectivity index (χ0v) is 22.0. The number of hydrogen-bond acceptors (Lipinski definition) is 6. The van der Waals surface area contributed by atoms with Crippen LogP contribution in [0.15, 0.2) is 78.9 Å². The van der Waals surface area contributed by atoms with Gasteiger partial charge in [-0.05, 0) is 48.1 Å². The average Bonchev–Trinajstić information content (AvgIpc) is 2.89. The Morgan fingerprint density at radius 3 is 2.00 bits per heavy atom. The predicted molar refractivity (Wildman–Crippen MR) is 144 cm³/mol. The van der Waals surface area contributed by atoms with Crippen LogP contribution in [-0.4, -0.2) is 33.7 Å². The molecule has 0 fully saturated rings. The number of hydrogen-bond donors (Lipinski definition) is 1. The smallest absolute Gasteiger partial charge is 0.264 e. The molecule has 3 rings (SSSR count). The van der Waals surface area contributed by atoms with Gasteiger partial charge in [0.25, 0.3) is 10.1 Å². The van der Waals surface area contributed by atoms with Crippen molar-refractivity contribution in [3.63, 3.8) is 0 Å². The van der Waals surface area contributed by atoms with Gasteiger partial charge < -0.3 is 14.8 Å². The Labute approximate surface area is 219 Å². The summed E-state index contributed by atoms with van der Waals surface area (Å²) < 4.78 is 38.8. The second-order valence-electron chi connectivity index (χ2n) is 8.77. The molecule has 1 N–H and O–H groups in total. The SMILES string of the molecule is CS(=O)(=O)OCCCCCC(=O)NCCc1ccc(OCc2ccccc2)c(OCc2ccccc2)c1. The molecule has 0 spiro atoms. The number of ether oxygens (including phenoxy) is 2. The minimum absolute atomic E-state index is 0.0209. The van der Waals surface area contributed by atoms with E-state index in [4.69, 9.17) is 13.7 Å². The van der Waals surface area contributed by atoms with Crippen LogP contribution in [0.1, 0.15) is 42.4 Å². The Bertz CT molecular complexity index is 1200. The van der Waals surface area contributed by atoms with Crippen molar-refractivity contribution < 1.29 is 26.9 Å². The summed E-state index contributed by atoms with van der Waals surface area (Å²) in [5.74, 6) is 1.32. The lowest BCUT2D eigenvalue weighted by molar-refractivity contribution is -0.121. The summed E-state index contributed by atoms with van der Waals surface area (Å²) in [7, 11) is -3.40. The van der Waals surface area contributed by atoms with E-state index in [2.05, 4.69) is 5.32 Å². The maximum Gasteiger partial charge on any atom is 0.264 e. The van der Waals surface area contributed by atoms with Gasteiger partial charge in [-0.1, -0.05) is 73.2 Å². The van der Waals surface area contributed by atoms with Gasteiger partial charge in [-0.2, -0.15) is 8.42 Å². The lowest BCUT2D eigenvalue weighted by atomic mass is 10.1. The summed E-state index contributed by atoms with van der Waals surface area (Å²) in [6.45, 7) is 1.54. The van der Waals surface area contributed by atoms with E-state index < -0.39 is 10.1 Å². The molecule has 0 bridgehead atoms. The third-order valence-electron chi connectivity index (χ3n) is 5.56. The lowest BCUT2D eigenvalue weighted by Gasteiger charge is -2.15. The fraction of sp³-hybridized carbons (Fsp3) is 0.345. The quantitative estimate of drug-likeness (QED) is 0.208. The van der Waals surface area contributed by atoms with E-state index in [1.807, 2.05) is 78.9 Å². The van der Waals surface area contributed by atoms with Crippen LogP contribution in [0.5, 0.6) is 11.5 Å². The Morgan fingerprint density at radius 2 is 1.38 bits per heavy atom. The summed E-state index contributed by atoms with van der Waals surface area (Å²) in [6, 6.07) is 25.8. The Balaban J connectivity index is 1.48. The number of nitrogens with one attached hydrogen (secondary N) is 1. The molecule has 0 aromatic heterocycles. The van der Waals surface area contributed by atoms with Crippen molar-refractivity contribution >= 4 is 16.0 Å². The molecular formula is C29H35NO6S. The molecule has 0 aliphatic rings. The summed E-state index contributed by atoms with van der Waals surface area (Å²) >= 11 is 0. The molecule has 7 nitrogen and oxygen atoms in total. The lowest BCUT2D eigenvalue weighted by Crippen LogP contribution is -2.25. The van der Waals surface area contributed by atoms with Crippen LogP contribution in [0.25, 0.3) is 0 Å². The molecule has 0 radical (unpaired) electrons. The summed E-state index contributed by atoms with van der Waals surface area (Å²) in [5, 5.41) is 2.95. The van der Waals surface area contributed by atoms with E-state index in [0.717, 1.165) is 29.4 Å². The number of rotatable bonds is 16. The van der Waals surface area contributed by atoms with Gasteiger partial charge in [0.2, 0.25) is 5.91 Å². The molecule has 1 amide bonds. The third kappa shape index (κ3) is 11.5. The number of carbonyl (C=O) groups excluding carboxylic acids is 1. The topological polar surface area (TPSA) is 90.9 Å². The standard InChI is InChI=1S/C29H35NO6S/c1-37(32,33)36-20-10-4-9-15-29(31)30-19-18-24-16-17-27(34-22-25-11-5-2-6-12-25)28(21-24)35-23-26-13-7-3-8-14-26/h2-3,5-8,11-14,16-17,21H,4,9-10,15,18-20,22-23H2,1H3,(H,30,31). The normalized spacial score (nSPS) is 11.2. The summed E-state index contributed by atoms with van der Waals surface area (Å²) in [6.07, 6.45) is 4.11. The monoisotopic (exact) mass is 525 g/mol. The number of unbranched alkanes of at least 4 members (excludes halogenated alkanes) is 2. The fourth-order valence-corrected chi connectivity index (χ4v) is 4.04. The third-order valence-corrected chi connectivity index (χ3v) is 6.16. The molecular weight excluding hydrogens is 490 g/mol. The van der Waals surface area contributed by atoms with Crippen LogP contribution < -0.4 is 14.8 Å². The summed E-state index contributed by atoms with van der Waals surface area (Å²) in [4.78, 5) is 12.1. The maximum atomic E-state index is 12.1. The second kappa shape index (κ2) is 15.0. The molecule has 0 atom stereocenters. The van der Waals surface area contributed by atoms with Gasteiger partial charge in [0.15, 0.2) is 11.5 Å². The van der Waals surface area contributed by atoms with E-state index in [9.17, 15) is 13.2 Å². The molecule has 0 aliphatic heterocycles. The van der Waals surface area contributed by atoms with Crippen molar-refractivity contribution in [3.8, 4) is 11.5 Å². The van der Waals surface area contributed by atoms with Crippen molar-refractivity contribution in [2.75, 3.05) is 19.4 Å². The first-order chi connectivity index (χ1) is 17.9. The van der Waals surface area contributed by atoms with Crippen LogP contribution >= 0.6 is 0 Å². The first-order valence-corrected chi connectivity index (χ1v) is 14.3. The van der Waals surface area contributed by atoms with Crippen molar-refractivity contribution in [2.24, 2.45) is 0 Å². The molecule has 198 valence electrons. The number of carbonyl (C=O) groups is 1. The van der Waals surface area contributed by atoms with Crippen molar-refractivity contribution in [3.05, 3.63) is 95.6 Å².